The third kappa shape index (κ3) is 24.5. The van der Waals surface area contributed by atoms with E-state index in [2.05, 4.69) is 47.2 Å². The van der Waals surface area contributed by atoms with Crippen LogP contribution in [-0.4, -0.2) is 11.8 Å². The van der Waals surface area contributed by atoms with Gasteiger partial charge in [0, 0.05) is 6.04 Å². The number of nitrogens with two attached hydrogens (primary N) is 1. The molecule has 2 N–H and O–H groups in total. The van der Waals surface area contributed by atoms with Gasteiger partial charge in [-0.25, -0.2) is 0 Å². The van der Waals surface area contributed by atoms with E-state index in [1.165, 1.54) is 19.3 Å². The highest BCUT2D eigenvalue weighted by molar-refractivity contribution is 7.80. The molecule has 0 aliphatic heterocycles. The summed E-state index contributed by atoms with van der Waals surface area (Å²) in [5.74, 6) is 0.965. The van der Waals surface area contributed by atoms with Gasteiger partial charge in [-0.05, 0) is 24.5 Å². The molecule has 1 atom stereocenters. The fourth-order valence-corrected chi connectivity index (χ4v) is 0.526. The summed E-state index contributed by atoms with van der Waals surface area (Å²) in [6.45, 7) is 10.7. The van der Waals surface area contributed by atoms with Gasteiger partial charge in [0.25, 0.3) is 0 Å². The second kappa shape index (κ2) is 8.89. The van der Waals surface area contributed by atoms with Crippen LogP contribution < -0.4 is 5.73 Å². The van der Waals surface area contributed by atoms with Crippen molar-refractivity contribution in [1.29, 1.82) is 0 Å². The van der Waals surface area contributed by atoms with E-state index in [4.69, 9.17) is 5.73 Å². The normalized spacial score (nSPS) is 13.2. The zero-order valence-corrected chi connectivity index (χ0v) is 10.8. The molecule has 0 aromatic heterocycles. The van der Waals surface area contributed by atoms with Crippen LogP contribution >= 0.6 is 12.6 Å². The fraction of sp³-hybridized carbons (Fsp3) is 1.00. The van der Waals surface area contributed by atoms with E-state index in [1.807, 2.05) is 0 Å². The minimum Gasteiger partial charge on any atom is -0.328 e. The largest absolute Gasteiger partial charge is 0.328 e. The Morgan fingerprint density at radius 3 is 1.77 bits per heavy atom. The van der Waals surface area contributed by atoms with Crippen molar-refractivity contribution in [3.8, 4) is 0 Å². The van der Waals surface area contributed by atoms with Gasteiger partial charge in [-0.3, -0.25) is 0 Å². The maximum absolute atomic E-state index is 5.48. The lowest BCUT2D eigenvalue weighted by molar-refractivity contribution is 0.482. The highest BCUT2D eigenvalue weighted by Gasteiger charge is 2.04. The predicted octanol–water partition coefficient (Wildman–Crippen LogP) is 3.49. The van der Waals surface area contributed by atoms with E-state index in [-0.39, 0.29) is 0 Å². The molecular weight excluding hydrogens is 178 g/mol. The minimum absolute atomic E-state index is 0.403. The van der Waals surface area contributed by atoms with E-state index in [1.54, 1.807) is 0 Å². The molecule has 2 heteroatoms. The molecule has 0 heterocycles. The Kier molecular flexibility index (Phi) is 10.8. The van der Waals surface area contributed by atoms with Crippen LogP contribution in [0.2, 0.25) is 0 Å². The molecule has 13 heavy (non-hydrogen) atoms. The van der Waals surface area contributed by atoms with E-state index in [9.17, 15) is 0 Å². The second-order valence-electron chi connectivity index (χ2n) is 4.84. The minimum atomic E-state index is 0.403. The van der Waals surface area contributed by atoms with Gasteiger partial charge in [0.15, 0.2) is 0 Å². The van der Waals surface area contributed by atoms with Crippen LogP contribution in [0.15, 0.2) is 0 Å². The SMILES string of the molecule is CC(C)(C)CS.CCCCC(C)N. The molecule has 0 aromatic rings. The Bertz CT molecular complexity index is 94.8. The third-order valence-electron chi connectivity index (χ3n) is 1.49. The third-order valence-corrected chi connectivity index (χ3v) is 2.44. The van der Waals surface area contributed by atoms with Gasteiger partial charge in [-0.2, -0.15) is 12.6 Å². The first-order chi connectivity index (χ1) is 5.83. The van der Waals surface area contributed by atoms with Crippen LogP contribution in [0, 0.1) is 5.41 Å². The molecule has 0 saturated carbocycles. The first-order valence-corrected chi connectivity index (χ1v) is 5.83. The Hall–Kier alpha value is 0.310. The van der Waals surface area contributed by atoms with E-state index in [0.29, 0.717) is 11.5 Å². The number of unbranched alkanes of at least 4 members (excludes halogenated alkanes) is 1. The van der Waals surface area contributed by atoms with Crippen molar-refractivity contribution in [2.75, 3.05) is 5.75 Å². The van der Waals surface area contributed by atoms with Gasteiger partial charge in [-0.1, -0.05) is 40.5 Å². The monoisotopic (exact) mass is 205 g/mol. The zero-order chi connectivity index (χ0) is 10.9. The van der Waals surface area contributed by atoms with Crippen LogP contribution in [0.3, 0.4) is 0 Å². The average Bonchev–Trinajstić information content (AvgIpc) is 2.01. The summed E-state index contributed by atoms with van der Waals surface area (Å²) < 4.78 is 0. The molecule has 1 nitrogen and oxygen atoms in total. The van der Waals surface area contributed by atoms with Gasteiger partial charge in [0.05, 0.1) is 0 Å². The maximum atomic E-state index is 5.48. The number of hydrogen-bond donors (Lipinski definition) is 2. The summed E-state index contributed by atoms with van der Waals surface area (Å²) in [5.41, 5.74) is 5.88. The molecule has 1 unspecified atom stereocenters. The molecule has 0 aromatic carbocycles. The van der Waals surface area contributed by atoms with Gasteiger partial charge in [0.2, 0.25) is 0 Å². The zero-order valence-electron chi connectivity index (χ0n) is 9.93. The highest BCUT2D eigenvalue weighted by atomic mass is 32.1. The van der Waals surface area contributed by atoms with Crippen LogP contribution in [0.1, 0.15) is 53.9 Å². The topological polar surface area (TPSA) is 26.0 Å². The number of thiol groups is 1. The van der Waals surface area contributed by atoms with Crippen molar-refractivity contribution < 1.29 is 0 Å². The summed E-state index contributed by atoms with van der Waals surface area (Å²) in [7, 11) is 0. The fourth-order valence-electron chi connectivity index (χ4n) is 0.526. The van der Waals surface area contributed by atoms with Crippen molar-refractivity contribution in [3.63, 3.8) is 0 Å². The molecule has 0 aliphatic carbocycles. The van der Waals surface area contributed by atoms with Crippen molar-refractivity contribution in [3.05, 3.63) is 0 Å². The quantitative estimate of drug-likeness (QED) is 0.678. The van der Waals surface area contributed by atoms with Crippen molar-refractivity contribution in [2.24, 2.45) is 11.1 Å². The standard InChI is InChI=1S/C6H15N.C5H12S/c1-3-4-5-6(2)7;1-5(2,3)4-6/h6H,3-5,7H2,1-2H3;6H,4H2,1-3H3. The first-order valence-electron chi connectivity index (χ1n) is 5.20. The summed E-state index contributed by atoms with van der Waals surface area (Å²) in [6, 6.07) is 0.403. The summed E-state index contributed by atoms with van der Waals surface area (Å²) >= 11 is 4.10. The summed E-state index contributed by atoms with van der Waals surface area (Å²) in [4.78, 5) is 0. The Balaban J connectivity index is 0. The first kappa shape index (κ1) is 15.8. The highest BCUT2D eigenvalue weighted by Crippen LogP contribution is 2.13. The molecule has 0 rings (SSSR count). The van der Waals surface area contributed by atoms with Gasteiger partial charge < -0.3 is 5.73 Å². The van der Waals surface area contributed by atoms with Crippen LogP contribution in [0.5, 0.6) is 0 Å². The van der Waals surface area contributed by atoms with Crippen LogP contribution in [-0.2, 0) is 0 Å². The molecule has 0 saturated heterocycles. The Morgan fingerprint density at radius 1 is 1.31 bits per heavy atom. The molecule has 0 radical (unpaired) electrons. The van der Waals surface area contributed by atoms with E-state index < -0.39 is 0 Å². The summed E-state index contributed by atoms with van der Waals surface area (Å²) in [6.07, 6.45) is 3.72. The van der Waals surface area contributed by atoms with Gasteiger partial charge in [-0.15, -0.1) is 0 Å². The molecule has 0 amide bonds. The summed E-state index contributed by atoms with van der Waals surface area (Å²) in [5, 5.41) is 0. The Labute approximate surface area is 89.9 Å². The van der Waals surface area contributed by atoms with Crippen LogP contribution in [0.4, 0.5) is 0 Å². The number of hydrogen-bond acceptors (Lipinski definition) is 2. The molecule has 0 bridgehead atoms. The second-order valence-corrected chi connectivity index (χ2v) is 5.15. The molecule has 82 valence electrons. The van der Waals surface area contributed by atoms with E-state index in [0.717, 1.165) is 5.75 Å². The lowest BCUT2D eigenvalue weighted by Gasteiger charge is -2.11. The van der Waals surface area contributed by atoms with Crippen molar-refractivity contribution >= 4 is 12.6 Å². The molecule has 0 fully saturated rings. The smallest absolute Gasteiger partial charge is 0.00104 e. The number of rotatable bonds is 3. The van der Waals surface area contributed by atoms with Gasteiger partial charge >= 0.3 is 0 Å². The predicted molar refractivity (Wildman–Crippen MR) is 66.5 cm³/mol. The average molecular weight is 205 g/mol. The molecule has 0 aliphatic rings. The lowest BCUT2D eigenvalue weighted by atomic mass is 10.0. The molecular formula is C11H27NS. The van der Waals surface area contributed by atoms with Gasteiger partial charge in [0.1, 0.15) is 0 Å². The Morgan fingerprint density at radius 2 is 1.69 bits per heavy atom. The van der Waals surface area contributed by atoms with E-state index >= 15 is 0 Å². The maximum Gasteiger partial charge on any atom is 0.00104 e. The van der Waals surface area contributed by atoms with Crippen molar-refractivity contribution in [1.82, 2.24) is 0 Å². The molecule has 0 spiro atoms. The lowest BCUT2D eigenvalue weighted by Crippen LogP contribution is -2.13. The van der Waals surface area contributed by atoms with Crippen LogP contribution in [0.25, 0.3) is 0 Å². The van der Waals surface area contributed by atoms with Crippen molar-refractivity contribution in [2.45, 2.75) is 59.9 Å².